The van der Waals surface area contributed by atoms with Gasteiger partial charge in [-0.05, 0) is 67.1 Å². The Morgan fingerprint density at radius 2 is 1.67 bits per heavy atom. The average molecular weight is 550 g/mol. The smallest absolute Gasteiger partial charge is 0.405 e. The number of fused-ring (bicyclic) bond motifs is 1. The number of benzene rings is 2. The molecular formula is C28H29F6N5. The Kier molecular flexibility index (Phi) is 8.79. The number of hydrogen-bond acceptors (Lipinski definition) is 5. The van der Waals surface area contributed by atoms with E-state index >= 15 is 0 Å². The number of nitrogens with one attached hydrogen (secondary N) is 2. The van der Waals surface area contributed by atoms with E-state index in [1.165, 1.54) is 18.6 Å². The molecule has 208 valence electrons. The highest BCUT2D eigenvalue weighted by Gasteiger charge is 2.33. The highest BCUT2D eigenvalue weighted by Crippen LogP contribution is 2.33. The summed E-state index contributed by atoms with van der Waals surface area (Å²) < 4.78 is 79.6. The van der Waals surface area contributed by atoms with E-state index < -0.39 is 23.5 Å². The van der Waals surface area contributed by atoms with Gasteiger partial charge in [0.05, 0.1) is 17.6 Å². The molecule has 11 heteroatoms. The Labute approximate surface area is 222 Å². The van der Waals surface area contributed by atoms with E-state index in [1.54, 1.807) is 18.2 Å². The van der Waals surface area contributed by atoms with Crippen LogP contribution >= 0.6 is 0 Å². The lowest BCUT2D eigenvalue weighted by atomic mass is 9.95. The SMILES string of the molecule is N/C=C\C=C(/Cc1ccc2c(Nc3ccc(C(F)(F)F)cc3)nc(CNC3CCCCC3)nc2c1)C(F)(F)F. The van der Waals surface area contributed by atoms with Gasteiger partial charge >= 0.3 is 12.4 Å². The van der Waals surface area contributed by atoms with Crippen LogP contribution in [0.4, 0.5) is 37.8 Å². The van der Waals surface area contributed by atoms with Crippen LogP contribution in [-0.4, -0.2) is 22.2 Å². The molecule has 2 aromatic carbocycles. The zero-order chi connectivity index (χ0) is 28.0. The Morgan fingerprint density at radius 1 is 0.949 bits per heavy atom. The maximum absolute atomic E-state index is 13.5. The van der Waals surface area contributed by atoms with Crippen LogP contribution in [0, 0.1) is 0 Å². The second-order valence-electron chi connectivity index (χ2n) is 9.51. The topological polar surface area (TPSA) is 75.9 Å². The van der Waals surface area contributed by atoms with Crippen molar-refractivity contribution in [2.75, 3.05) is 5.32 Å². The van der Waals surface area contributed by atoms with Gasteiger partial charge in [-0.3, -0.25) is 0 Å². The molecule has 1 aliphatic rings. The van der Waals surface area contributed by atoms with Crippen molar-refractivity contribution >= 4 is 22.4 Å². The number of anilines is 2. The summed E-state index contributed by atoms with van der Waals surface area (Å²) in [6.07, 6.45) is -0.740. The Balaban J connectivity index is 1.67. The predicted molar refractivity (Wildman–Crippen MR) is 139 cm³/mol. The molecule has 1 aliphatic carbocycles. The Morgan fingerprint density at radius 3 is 2.31 bits per heavy atom. The minimum Gasteiger partial charge on any atom is -0.405 e. The molecule has 0 aliphatic heterocycles. The van der Waals surface area contributed by atoms with Crippen molar-refractivity contribution in [2.45, 2.75) is 63.5 Å². The normalized spacial score (nSPS) is 15.8. The van der Waals surface area contributed by atoms with Gasteiger partial charge < -0.3 is 16.4 Å². The van der Waals surface area contributed by atoms with E-state index in [0.717, 1.165) is 56.2 Å². The molecular weight excluding hydrogens is 520 g/mol. The maximum Gasteiger partial charge on any atom is 0.416 e. The number of halogens is 6. The van der Waals surface area contributed by atoms with Crippen molar-refractivity contribution in [1.82, 2.24) is 15.3 Å². The van der Waals surface area contributed by atoms with Crippen LogP contribution in [0.15, 0.2) is 66.4 Å². The number of rotatable bonds is 8. The van der Waals surface area contributed by atoms with E-state index in [1.807, 2.05) is 0 Å². The molecule has 1 fully saturated rings. The van der Waals surface area contributed by atoms with E-state index in [9.17, 15) is 26.3 Å². The van der Waals surface area contributed by atoms with Gasteiger partial charge in [-0.25, -0.2) is 9.97 Å². The molecule has 0 spiro atoms. The molecule has 1 heterocycles. The third-order valence-corrected chi connectivity index (χ3v) is 6.60. The van der Waals surface area contributed by atoms with Crippen molar-refractivity contribution in [2.24, 2.45) is 5.73 Å². The number of allylic oxidation sites excluding steroid dienone is 3. The lowest BCUT2D eigenvalue weighted by molar-refractivity contribution is -0.137. The van der Waals surface area contributed by atoms with Gasteiger partial charge in [0.25, 0.3) is 0 Å². The van der Waals surface area contributed by atoms with Gasteiger partial charge in [0.2, 0.25) is 0 Å². The highest BCUT2D eigenvalue weighted by molar-refractivity contribution is 5.91. The van der Waals surface area contributed by atoms with Crippen LogP contribution in [0.25, 0.3) is 10.9 Å². The van der Waals surface area contributed by atoms with Crippen LogP contribution in [0.1, 0.15) is 49.1 Å². The van der Waals surface area contributed by atoms with Crippen molar-refractivity contribution in [3.8, 4) is 0 Å². The summed E-state index contributed by atoms with van der Waals surface area (Å²) in [5.41, 5.74) is 4.88. The molecule has 4 N–H and O–H groups in total. The number of aromatic nitrogens is 2. The van der Waals surface area contributed by atoms with Crippen molar-refractivity contribution in [3.63, 3.8) is 0 Å². The molecule has 0 saturated heterocycles. The number of alkyl halides is 6. The zero-order valence-electron chi connectivity index (χ0n) is 21.0. The first-order chi connectivity index (χ1) is 18.5. The third-order valence-electron chi connectivity index (χ3n) is 6.60. The first-order valence-electron chi connectivity index (χ1n) is 12.6. The number of nitrogens with two attached hydrogens (primary N) is 1. The first-order valence-corrected chi connectivity index (χ1v) is 12.6. The van der Waals surface area contributed by atoms with Crippen molar-refractivity contribution < 1.29 is 26.3 Å². The first kappa shape index (κ1) is 28.4. The molecule has 1 saturated carbocycles. The van der Waals surface area contributed by atoms with Crippen LogP contribution in [0.3, 0.4) is 0 Å². The van der Waals surface area contributed by atoms with Gasteiger partial charge in [-0.2, -0.15) is 26.3 Å². The van der Waals surface area contributed by atoms with E-state index in [4.69, 9.17) is 5.73 Å². The Bertz CT molecular complexity index is 1320. The summed E-state index contributed by atoms with van der Waals surface area (Å²) in [7, 11) is 0. The molecule has 3 aromatic rings. The second-order valence-corrected chi connectivity index (χ2v) is 9.51. The molecule has 0 radical (unpaired) electrons. The minimum atomic E-state index is -4.54. The van der Waals surface area contributed by atoms with Gasteiger partial charge in [-0.1, -0.05) is 31.4 Å². The van der Waals surface area contributed by atoms with E-state index in [0.29, 0.717) is 46.4 Å². The summed E-state index contributed by atoms with van der Waals surface area (Å²) in [6, 6.07) is 9.60. The highest BCUT2D eigenvalue weighted by atomic mass is 19.4. The minimum absolute atomic E-state index is 0.325. The second kappa shape index (κ2) is 12.1. The van der Waals surface area contributed by atoms with Crippen LogP contribution in [-0.2, 0) is 19.1 Å². The molecule has 5 nitrogen and oxygen atoms in total. The lowest BCUT2D eigenvalue weighted by Gasteiger charge is -2.22. The van der Waals surface area contributed by atoms with E-state index in [-0.39, 0.29) is 6.42 Å². The summed E-state index contributed by atoms with van der Waals surface area (Å²) in [6.45, 7) is 0.349. The van der Waals surface area contributed by atoms with Crippen molar-refractivity contribution in [1.29, 1.82) is 0 Å². The van der Waals surface area contributed by atoms with E-state index in [2.05, 4.69) is 20.6 Å². The Hall–Kier alpha value is -3.60. The fraction of sp³-hybridized carbons (Fsp3) is 0.357. The molecule has 0 amide bonds. The molecule has 4 rings (SSSR count). The average Bonchev–Trinajstić information content (AvgIpc) is 2.89. The molecule has 39 heavy (non-hydrogen) atoms. The fourth-order valence-electron chi connectivity index (χ4n) is 4.57. The van der Waals surface area contributed by atoms with Gasteiger partial charge in [0.15, 0.2) is 0 Å². The third kappa shape index (κ3) is 7.72. The van der Waals surface area contributed by atoms with Crippen LogP contribution in [0.5, 0.6) is 0 Å². The van der Waals surface area contributed by atoms with Gasteiger partial charge in [0, 0.05) is 29.1 Å². The van der Waals surface area contributed by atoms with Crippen LogP contribution in [0.2, 0.25) is 0 Å². The fourth-order valence-corrected chi connectivity index (χ4v) is 4.57. The number of nitrogens with zero attached hydrogens (tertiary/aromatic N) is 2. The largest absolute Gasteiger partial charge is 0.416 e. The summed E-state index contributed by atoms with van der Waals surface area (Å²) in [5.74, 6) is 0.779. The summed E-state index contributed by atoms with van der Waals surface area (Å²) in [4.78, 5) is 9.20. The number of hydrogen-bond donors (Lipinski definition) is 3. The van der Waals surface area contributed by atoms with Crippen molar-refractivity contribution in [3.05, 3.63) is 83.3 Å². The van der Waals surface area contributed by atoms with Gasteiger partial charge in [0.1, 0.15) is 11.6 Å². The quantitative estimate of drug-likeness (QED) is 0.203. The summed E-state index contributed by atoms with van der Waals surface area (Å²) in [5, 5.41) is 7.04. The standard InChI is InChI=1S/C28H29F6N5/c29-27(30,31)19-9-11-22(12-10-19)37-26-23-13-8-18(15-20(5-4-14-35)28(32,33)34)16-24(23)38-25(39-26)17-36-21-6-2-1-3-7-21/h4-5,8-14,16,21,36H,1-3,6-7,15,17,35H2,(H,37,38,39)/b14-4-,20-5+. The predicted octanol–water partition coefficient (Wildman–Crippen LogP) is 7.32. The van der Waals surface area contributed by atoms with Gasteiger partial charge in [-0.15, -0.1) is 0 Å². The molecule has 0 atom stereocenters. The molecule has 0 unspecified atom stereocenters. The zero-order valence-corrected chi connectivity index (χ0v) is 21.0. The molecule has 0 bridgehead atoms. The summed E-state index contributed by atoms with van der Waals surface area (Å²) >= 11 is 0. The molecule has 1 aromatic heterocycles. The van der Waals surface area contributed by atoms with Crippen LogP contribution < -0.4 is 16.4 Å². The monoisotopic (exact) mass is 549 g/mol. The maximum atomic E-state index is 13.5. The lowest BCUT2D eigenvalue weighted by Crippen LogP contribution is -2.31.